The molecule has 7 nitrogen and oxygen atoms in total. The van der Waals surface area contributed by atoms with E-state index in [9.17, 15) is 14.8 Å². The van der Waals surface area contributed by atoms with E-state index in [4.69, 9.17) is 0 Å². The molecule has 4 aliphatic rings. The first-order valence-electron chi connectivity index (χ1n) is 13.7. The fourth-order valence-electron chi connectivity index (χ4n) is 8.12. The molecule has 2 aromatic rings. The van der Waals surface area contributed by atoms with E-state index in [1.54, 1.807) is 0 Å². The van der Waals surface area contributed by atoms with Crippen LogP contribution in [0, 0.1) is 11.8 Å². The van der Waals surface area contributed by atoms with Gasteiger partial charge in [0.2, 0.25) is 0 Å². The molecule has 35 heavy (non-hydrogen) atoms. The monoisotopic (exact) mass is 478 g/mol. The highest BCUT2D eigenvalue weighted by atomic mass is 16.5. The van der Waals surface area contributed by atoms with Gasteiger partial charge in [0.15, 0.2) is 5.69 Å². The van der Waals surface area contributed by atoms with Crippen molar-refractivity contribution >= 4 is 16.9 Å². The molecule has 1 amide bonds. The zero-order chi connectivity index (χ0) is 24.1. The quantitative estimate of drug-likeness (QED) is 0.508. The lowest BCUT2D eigenvalue weighted by Crippen LogP contribution is -2.58. The number of para-hydroxylation sites is 2. The molecule has 4 unspecified atom stereocenters. The van der Waals surface area contributed by atoms with Crippen LogP contribution >= 0.6 is 0 Å². The van der Waals surface area contributed by atoms with Gasteiger partial charge in [0, 0.05) is 31.2 Å². The van der Waals surface area contributed by atoms with Crippen molar-refractivity contribution in [1.82, 2.24) is 19.5 Å². The predicted molar refractivity (Wildman–Crippen MR) is 135 cm³/mol. The summed E-state index contributed by atoms with van der Waals surface area (Å²) in [7, 11) is 1.24. The second kappa shape index (κ2) is 9.32. The van der Waals surface area contributed by atoms with Crippen LogP contribution < -0.4 is 5.56 Å². The number of rotatable bonds is 3. The molecule has 1 N–H and O–H groups in total. The molecule has 4 fully saturated rings. The summed E-state index contributed by atoms with van der Waals surface area (Å²) in [6, 6.07) is 9.32. The lowest BCUT2D eigenvalue weighted by Gasteiger charge is -2.54. The van der Waals surface area contributed by atoms with Crippen molar-refractivity contribution in [1.29, 1.82) is 0 Å². The first kappa shape index (κ1) is 23.2. The molecule has 2 saturated heterocycles. The summed E-state index contributed by atoms with van der Waals surface area (Å²) in [6.45, 7) is 0. The lowest BCUT2D eigenvalue weighted by molar-refractivity contribution is -0.0426. The maximum absolute atomic E-state index is 13.6. The predicted octanol–water partition coefficient (Wildman–Crippen LogP) is 4.77. The van der Waals surface area contributed by atoms with Crippen LogP contribution in [0.3, 0.4) is 0 Å². The van der Waals surface area contributed by atoms with Gasteiger partial charge in [-0.25, -0.2) is 10.0 Å². The van der Waals surface area contributed by atoms with Crippen molar-refractivity contribution in [3.8, 4) is 0 Å². The van der Waals surface area contributed by atoms with Gasteiger partial charge in [-0.1, -0.05) is 44.2 Å². The molecular weight excluding hydrogens is 440 g/mol. The van der Waals surface area contributed by atoms with Gasteiger partial charge in [0.25, 0.3) is 5.56 Å². The number of carbonyl (C=O) groups is 1. The van der Waals surface area contributed by atoms with E-state index < -0.39 is 5.91 Å². The second-order valence-electron chi connectivity index (χ2n) is 11.6. The van der Waals surface area contributed by atoms with E-state index in [0.717, 1.165) is 30.2 Å². The van der Waals surface area contributed by atoms with Crippen molar-refractivity contribution in [2.45, 2.75) is 101 Å². The number of nitrogens with zero attached hydrogens (tertiary/aromatic N) is 4. The molecule has 2 aliphatic heterocycles. The molecule has 4 atom stereocenters. The summed E-state index contributed by atoms with van der Waals surface area (Å²) in [5, 5.41) is 10.2. The molecule has 6 rings (SSSR count). The third-order valence-corrected chi connectivity index (χ3v) is 9.44. The van der Waals surface area contributed by atoms with Gasteiger partial charge in [-0.2, -0.15) is 0 Å². The molecule has 188 valence electrons. The van der Waals surface area contributed by atoms with E-state index in [1.807, 2.05) is 28.8 Å². The van der Waals surface area contributed by atoms with Crippen LogP contribution in [0.4, 0.5) is 0 Å². The second-order valence-corrected chi connectivity index (χ2v) is 11.6. The molecule has 4 bridgehead atoms. The summed E-state index contributed by atoms with van der Waals surface area (Å²) in [5.41, 5.74) is 0.837. The van der Waals surface area contributed by atoms with Gasteiger partial charge >= 0.3 is 5.91 Å². The maximum Gasteiger partial charge on any atom is 0.301 e. The number of benzene rings is 1. The highest BCUT2D eigenvalue weighted by Gasteiger charge is 2.45. The number of hydroxylamine groups is 2. The van der Waals surface area contributed by atoms with Crippen molar-refractivity contribution in [2.75, 3.05) is 7.05 Å². The highest BCUT2D eigenvalue weighted by molar-refractivity contribution is 5.93. The Bertz CT molecular complexity index is 1130. The zero-order valence-electron chi connectivity index (χ0n) is 20.8. The van der Waals surface area contributed by atoms with Crippen molar-refractivity contribution in [3.05, 3.63) is 40.3 Å². The minimum Gasteiger partial charge on any atom is -0.302 e. The summed E-state index contributed by atoms with van der Waals surface area (Å²) < 4.78 is 1.84. The van der Waals surface area contributed by atoms with Gasteiger partial charge in [0.05, 0.1) is 11.0 Å². The molecular formula is C28H38N4O3. The Morgan fingerprint density at radius 2 is 1.54 bits per heavy atom. The average Bonchev–Trinajstić information content (AvgIpc) is 3.01. The van der Waals surface area contributed by atoms with Crippen LogP contribution in [-0.2, 0) is 0 Å². The van der Waals surface area contributed by atoms with Crippen LogP contribution in [0.1, 0.15) is 93.6 Å². The Balaban J connectivity index is 1.34. The maximum atomic E-state index is 13.6. The minimum absolute atomic E-state index is 0.0448. The fraction of sp³-hybridized carbons (Fsp3) is 0.679. The Hall–Kier alpha value is -2.25. The van der Waals surface area contributed by atoms with Crippen molar-refractivity contribution < 1.29 is 10.0 Å². The van der Waals surface area contributed by atoms with E-state index in [0.29, 0.717) is 28.7 Å². The van der Waals surface area contributed by atoms with E-state index in [1.165, 1.54) is 71.3 Å². The van der Waals surface area contributed by atoms with Gasteiger partial charge in [-0.05, 0) is 68.9 Å². The number of amides is 1. The Morgan fingerprint density at radius 3 is 2.20 bits per heavy atom. The first-order valence-corrected chi connectivity index (χ1v) is 13.7. The SMILES string of the molecule is CN(O)C(=O)c1nc2ccccc2n(C2CC3CCCC(C2)N3C2CC3CCCCC(C3)C2)c1=O. The normalized spacial score (nSPS) is 33.3. The van der Waals surface area contributed by atoms with Crippen LogP contribution in [0.25, 0.3) is 11.0 Å². The first-order chi connectivity index (χ1) is 17.0. The highest BCUT2D eigenvalue weighted by Crippen LogP contribution is 2.46. The molecule has 0 spiro atoms. The summed E-state index contributed by atoms with van der Waals surface area (Å²) >= 11 is 0. The molecule has 7 heteroatoms. The average molecular weight is 479 g/mol. The van der Waals surface area contributed by atoms with Gasteiger partial charge in [-0.3, -0.25) is 19.7 Å². The number of carbonyl (C=O) groups excluding carboxylic acids is 1. The Labute approximate surface area is 207 Å². The fourth-order valence-corrected chi connectivity index (χ4v) is 8.12. The molecule has 0 radical (unpaired) electrons. The van der Waals surface area contributed by atoms with E-state index in [-0.39, 0.29) is 17.3 Å². The third-order valence-electron chi connectivity index (χ3n) is 9.44. The standard InChI is InChI=1S/C28H38N4O3/c1-30(35)27(33)26-28(34)32(25-12-5-4-11-24(25)29-26)23-16-20-9-6-10-21(17-23)31(20)22-14-18-7-2-3-8-19(13-18)15-22/h4-5,11-12,18-23,35H,2-3,6-10,13-17H2,1H3. The van der Waals surface area contributed by atoms with Crippen LogP contribution in [-0.4, -0.2) is 55.8 Å². The zero-order valence-corrected chi connectivity index (χ0v) is 20.8. The van der Waals surface area contributed by atoms with Crippen LogP contribution in [0.2, 0.25) is 0 Å². The van der Waals surface area contributed by atoms with Crippen LogP contribution in [0.5, 0.6) is 0 Å². The Kier molecular flexibility index (Phi) is 6.17. The number of piperidine rings is 2. The smallest absolute Gasteiger partial charge is 0.301 e. The van der Waals surface area contributed by atoms with Gasteiger partial charge < -0.3 is 4.57 Å². The Morgan fingerprint density at radius 1 is 0.886 bits per heavy atom. The van der Waals surface area contributed by atoms with Gasteiger partial charge in [0.1, 0.15) is 0 Å². The van der Waals surface area contributed by atoms with E-state index in [2.05, 4.69) is 9.88 Å². The molecule has 1 aromatic carbocycles. The van der Waals surface area contributed by atoms with Crippen LogP contribution in [0.15, 0.2) is 29.1 Å². The van der Waals surface area contributed by atoms with Crippen molar-refractivity contribution in [2.24, 2.45) is 11.8 Å². The topological polar surface area (TPSA) is 78.7 Å². The molecule has 2 aliphatic carbocycles. The third kappa shape index (κ3) is 4.20. The lowest BCUT2D eigenvalue weighted by atomic mass is 9.73. The number of hydrogen-bond acceptors (Lipinski definition) is 5. The largest absolute Gasteiger partial charge is 0.302 e. The van der Waals surface area contributed by atoms with E-state index >= 15 is 0 Å². The molecule has 2 saturated carbocycles. The summed E-state index contributed by atoms with van der Waals surface area (Å²) in [5.74, 6) is 1.04. The number of aromatic nitrogens is 2. The molecule has 3 heterocycles. The number of hydrogen-bond donors (Lipinski definition) is 1. The number of fused-ring (bicyclic) bond motifs is 5. The summed E-state index contributed by atoms with van der Waals surface area (Å²) in [4.78, 5) is 33.5. The van der Waals surface area contributed by atoms with Crippen molar-refractivity contribution in [3.63, 3.8) is 0 Å². The summed E-state index contributed by atoms with van der Waals surface area (Å²) in [6.07, 6.45) is 15.3. The minimum atomic E-state index is -0.753. The van der Waals surface area contributed by atoms with Gasteiger partial charge in [-0.15, -0.1) is 0 Å². The molecule has 1 aromatic heterocycles.